The van der Waals surface area contributed by atoms with Crippen molar-refractivity contribution in [1.82, 2.24) is 5.32 Å². The Bertz CT molecular complexity index is 133. The van der Waals surface area contributed by atoms with Gasteiger partial charge in [0.1, 0.15) is 0 Å². The molecular formula is C11H23NO2. The van der Waals surface area contributed by atoms with Gasteiger partial charge in [-0.1, -0.05) is 0 Å². The summed E-state index contributed by atoms with van der Waals surface area (Å²) in [7, 11) is 0. The lowest BCUT2D eigenvalue weighted by Gasteiger charge is -2.22. The minimum Gasteiger partial charge on any atom is -0.393 e. The van der Waals surface area contributed by atoms with Gasteiger partial charge in [-0.3, -0.25) is 0 Å². The maximum atomic E-state index is 9.06. The molecule has 0 bridgehead atoms. The Morgan fingerprint density at radius 2 is 2.14 bits per heavy atom. The number of aliphatic hydroxyl groups excluding tert-OH is 1. The van der Waals surface area contributed by atoms with Crippen LogP contribution in [0.1, 0.15) is 32.6 Å². The zero-order chi connectivity index (χ0) is 10.2. The number of nitrogens with one attached hydrogen (secondary N) is 1. The predicted molar refractivity (Wildman–Crippen MR) is 57.3 cm³/mol. The molecule has 1 fully saturated rings. The van der Waals surface area contributed by atoms with E-state index in [0.29, 0.717) is 0 Å². The van der Waals surface area contributed by atoms with Gasteiger partial charge in [0, 0.05) is 13.2 Å². The summed E-state index contributed by atoms with van der Waals surface area (Å²) < 4.78 is 5.30. The molecule has 0 amide bonds. The van der Waals surface area contributed by atoms with E-state index in [9.17, 15) is 0 Å². The van der Waals surface area contributed by atoms with E-state index in [0.717, 1.165) is 45.1 Å². The molecule has 3 heteroatoms. The van der Waals surface area contributed by atoms with Crippen molar-refractivity contribution in [3.8, 4) is 0 Å². The summed E-state index contributed by atoms with van der Waals surface area (Å²) in [4.78, 5) is 0. The monoisotopic (exact) mass is 201 g/mol. The lowest BCUT2D eigenvalue weighted by Crippen LogP contribution is -2.28. The van der Waals surface area contributed by atoms with Crippen LogP contribution < -0.4 is 5.32 Å². The van der Waals surface area contributed by atoms with Gasteiger partial charge in [0.25, 0.3) is 0 Å². The quantitative estimate of drug-likeness (QED) is 0.634. The molecule has 1 atom stereocenters. The van der Waals surface area contributed by atoms with Gasteiger partial charge in [-0.05, 0) is 51.6 Å². The van der Waals surface area contributed by atoms with Crippen LogP contribution in [-0.2, 0) is 4.74 Å². The molecule has 0 saturated carbocycles. The van der Waals surface area contributed by atoms with Crippen LogP contribution in [0.15, 0.2) is 0 Å². The van der Waals surface area contributed by atoms with Crippen LogP contribution in [0.25, 0.3) is 0 Å². The molecule has 1 heterocycles. The van der Waals surface area contributed by atoms with Crippen LogP contribution in [0.3, 0.4) is 0 Å². The molecular weight excluding hydrogens is 178 g/mol. The number of hydrogen-bond acceptors (Lipinski definition) is 3. The van der Waals surface area contributed by atoms with Crippen molar-refractivity contribution >= 4 is 0 Å². The van der Waals surface area contributed by atoms with Crippen molar-refractivity contribution in [2.24, 2.45) is 5.92 Å². The molecule has 2 N–H and O–H groups in total. The second-order valence-electron chi connectivity index (χ2n) is 4.25. The third-order valence-corrected chi connectivity index (χ3v) is 2.75. The van der Waals surface area contributed by atoms with Crippen LogP contribution in [-0.4, -0.2) is 37.5 Å². The molecule has 1 aliphatic heterocycles. The summed E-state index contributed by atoms with van der Waals surface area (Å²) in [5.74, 6) is 0.801. The van der Waals surface area contributed by atoms with Crippen molar-refractivity contribution in [3.63, 3.8) is 0 Å². The first-order valence-electron chi connectivity index (χ1n) is 5.75. The Morgan fingerprint density at radius 3 is 2.79 bits per heavy atom. The molecule has 1 unspecified atom stereocenters. The van der Waals surface area contributed by atoms with Crippen molar-refractivity contribution in [1.29, 1.82) is 0 Å². The summed E-state index contributed by atoms with van der Waals surface area (Å²) in [5.41, 5.74) is 0. The fourth-order valence-electron chi connectivity index (χ4n) is 1.78. The first-order valence-corrected chi connectivity index (χ1v) is 5.75. The molecule has 3 nitrogen and oxygen atoms in total. The van der Waals surface area contributed by atoms with Gasteiger partial charge in [0.15, 0.2) is 0 Å². The van der Waals surface area contributed by atoms with Gasteiger partial charge >= 0.3 is 0 Å². The molecule has 0 aliphatic carbocycles. The molecule has 0 aromatic heterocycles. The molecule has 1 aliphatic rings. The van der Waals surface area contributed by atoms with E-state index in [1.54, 1.807) is 0 Å². The summed E-state index contributed by atoms with van der Waals surface area (Å²) in [6.45, 7) is 5.85. The van der Waals surface area contributed by atoms with E-state index < -0.39 is 0 Å². The average Bonchev–Trinajstić information content (AvgIpc) is 2.18. The Labute approximate surface area is 86.8 Å². The zero-order valence-corrected chi connectivity index (χ0v) is 9.17. The van der Waals surface area contributed by atoms with Gasteiger partial charge in [0.2, 0.25) is 0 Å². The molecule has 0 aromatic rings. The predicted octanol–water partition coefficient (Wildman–Crippen LogP) is 1.16. The van der Waals surface area contributed by atoms with Crippen LogP contribution in [0.4, 0.5) is 0 Å². The van der Waals surface area contributed by atoms with Gasteiger partial charge in [0.05, 0.1) is 6.10 Å². The van der Waals surface area contributed by atoms with Crippen LogP contribution in [0.2, 0.25) is 0 Å². The van der Waals surface area contributed by atoms with Crippen LogP contribution >= 0.6 is 0 Å². The smallest absolute Gasteiger partial charge is 0.0512 e. The van der Waals surface area contributed by atoms with Crippen molar-refractivity contribution in [3.05, 3.63) is 0 Å². The highest BCUT2D eigenvalue weighted by atomic mass is 16.5. The summed E-state index contributed by atoms with van der Waals surface area (Å²) in [6.07, 6.45) is 4.22. The standard InChI is InChI=1S/C11H23NO2/c1-10(13)3-2-6-12-9-11-4-7-14-8-5-11/h10-13H,2-9H2,1H3. The topological polar surface area (TPSA) is 41.5 Å². The molecule has 1 rings (SSSR count). The number of aliphatic hydroxyl groups is 1. The summed E-state index contributed by atoms with van der Waals surface area (Å²) in [6, 6.07) is 0. The second-order valence-corrected chi connectivity index (χ2v) is 4.25. The van der Waals surface area contributed by atoms with E-state index in [1.165, 1.54) is 12.8 Å². The summed E-state index contributed by atoms with van der Waals surface area (Å²) in [5, 5.41) is 12.5. The SMILES string of the molecule is CC(O)CCCNCC1CCOCC1. The average molecular weight is 201 g/mol. The van der Waals surface area contributed by atoms with E-state index in [2.05, 4.69) is 5.32 Å². The first kappa shape index (κ1) is 12.0. The number of rotatable bonds is 6. The zero-order valence-electron chi connectivity index (χ0n) is 9.17. The van der Waals surface area contributed by atoms with Crippen molar-refractivity contribution in [2.45, 2.75) is 38.7 Å². The van der Waals surface area contributed by atoms with E-state index in [4.69, 9.17) is 9.84 Å². The fraction of sp³-hybridized carbons (Fsp3) is 1.00. The van der Waals surface area contributed by atoms with Gasteiger partial charge in [-0.15, -0.1) is 0 Å². The Kier molecular flexibility index (Phi) is 6.15. The molecule has 0 spiro atoms. The number of hydrogen-bond donors (Lipinski definition) is 2. The lowest BCUT2D eigenvalue weighted by molar-refractivity contribution is 0.0662. The maximum Gasteiger partial charge on any atom is 0.0512 e. The summed E-state index contributed by atoms with van der Waals surface area (Å²) >= 11 is 0. The molecule has 1 saturated heterocycles. The largest absolute Gasteiger partial charge is 0.393 e. The minimum atomic E-state index is -0.153. The number of ether oxygens (including phenoxy) is 1. The van der Waals surface area contributed by atoms with Crippen LogP contribution in [0.5, 0.6) is 0 Å². The van der Waals surface area contributed by atoms with E-state index >= 15 is 0 Å². The third kappa shape index (κ3) is 5.58. The van der Waals surface area contributed by atoms with Crippen molar-refractivity contribution < 1.29 is 9.84 Å². The second kappa shape index (κ2) is 7.21. The van der Waals surface area contributed by atoms with Gasteiger partial charge in [-0.25, -0.2) is 0 Å². The maximum absolute atomic E-state index is 9.06. The highest BCUT2D eigenvalue weighted by Crippen LogP contribution is 2.12. The first-order chi connectivity index (χ1) is 6.79. The van der Waals surface area contributed by atoms with Gasteiger partial charge in [-0.2, -0.15) is 0 Å². The van der Waals surface area contributed by atoms with Gasteiger partial charge < -0.3 is 15.2 Å². The Morgan fingerprint density at radius 1 is 1.43 bits per heavy atom. The highest BCUT2D eigenvalue weighted by molar-refractivity contribution is 4.66. The molecule has 14 heavy (non-hydrogen) atoms. The Hall–Kier alpha value is -0.120. The van der Waals surface area contributed by atoms with E-state index in [1.807, 2.05) is 6.92 Å². The molecule has 0 aromatic carbocycles. The lowest BCUT2D eigenvalue weighted by atomic mass is 10.0. The fourth-order valence-corrected chi connectivity index (χ4v) is 1.78. The molecule has 0 radical (unpaired) electrons. The van der Waals surface area contributed by atoms with Crippen LogP contribution in [0, 0.1) is 5.92 Å². The minimum absolute atomic E-state index is 0.153. The van der Waals surface area contributed by atoms with Crippen molar-refractivity contribution in [2.75, 3.05) is 26.3 Å². The molecule has 84 valence electrons. The Balaban J connectivity index is 1.87. The third-order valence-electron chi connectivity index (χ3n) is 2.75. The van der Waals surface area contributed by atoms with E-state index in [-0.39, 0.29) is 6.10 Å². The highest BCUT2D eigenvalue weighted by Gasteiger charge is 2.12. The normalized spacial score (nSPS) is 21.0.